The summed E-state index contributed by atoms with van der Waals surface area (Å²) >= 11 is 0. The highest BCUT2D eigenvalue weighted by atomic mass is 16.3. The first kappa shape index (κ1) is 26.3. The molecule has 2 atom stereocenters. The van der Waals surface area contributed by atoms with E-state index in [2.05, 4.69) is 33.6 Å². The molecule has 3 aromatic rings. The van der Waals surface area contributed by atoms with Gasteiger partial charge in [-0.2, -0.15) is 5.10 Å². The van der Waals surface area contributed by atoms with Gasteiger partial charge in [-0.3, -0.25) is 34.1 Å². The number of imide groups is 2. The van der Waals surface area contributed by atoms with Crippen LogP contribution in [-0.4, -0.2) is 61.0 Å². The van der Waals surface area contributed by atoms with Gasteiger partial charge >= 0.3 is 0 Å². The van der Waals surface area contributed by atoms with Crippen LogP contribution in [0.25, 0.3) is 11.3 Å². The maximum Gasteiger partial charge on any atom is 0.262 e. The van der Waals surface area contributed by atoms with Gasteiger partial charge in [-0.15, -0.1) is 0 Å². The van der Waals surface area contributed by atoms with Crippen molar-refractivity contribution >= 4 is 29.3 Å². The summed E-state index contributed by atoms with van der Waals surface area (Å²) in [7, 11) is 0. The number of fused-ring (bicyclic) bond motifs is 2. The van der Waals surface area contributed by atoms with Gasteiger partial charge in [0.1, 0.15) is 6.04 Å². The lowest BCUT2D eigenvalue weighted by molar-refractivity contribution is -0.136. The number of benzene rings is 1. The van der Waals surface area contributed by atoms with E-state index in [-0.39, 0.29) is 24.0 Å². The molecule has 5 aliphatic rings. The number of rotatable bonds is 7. The number of aromatic nitrogens is 3. The van der Waals surface area contributed by atoms with E-state index in [0.717, 1.165) is 83.9 Å². The molecule has 0 radical (unpaired) electrons. The number of piperidine rings is 1. The Balaban J connectivity index is 0.918. The molecule has 11 nitrogen and oxygen atoms in total. The second kappa shape index (κ2) is 9.84. The van der Waals surface area contributed by atoms with Crippen LogP contribution in [-0.2, 0) is 16.0 Å². The highest BCUT2D eigenvalue weighted by molar-refractivity contribution is 6.23. The average Bonchev–Trinajstić information content (AvgIpc) is 3.56. The Labute approximate surface area is 247 Å². The Morgan fingerprint density at radius 1 is 0.907 bits per heavy atom. The summed E-state index contributed by atoms with van der Waals surface area (Å²) in [5, 5.41) is 21.0. The topological polar surface area (TPSA) is 147 Å². The molecule has 1 aromatic carbocycles. The number of anilines is 1. The third-order valence-corrected chi connectivity index (χ3v) is 9.64. The van der Waals surface area contributed by atoms with Crippen LogP contribution in [0.5, 0.6) is 0 Å². The fourth-order valence-corrected chi connectivity index (χ4v) is 6.96. The number of nitrogens with one attached hydrogen (secondary N) is 2. The Hall–Kier alpha value is -4.38. The zero-order valence-electron chi connectivity index (χ0n) is 23.6. The monoisotopic (exact) mass is 580 g/mol. The van der Waals surface area contributed by atoms with Crippen LogP contribution in [0.15, 0.2) is 36.5 Å². The molecule has 0 spiro atoms. The van der Waals surface area contributed by atoms with Crippen molar-refractivity contribution in [3.05, 3.63) is 64.6 Å². The SMILES string of the molecule is O=C1CCC(N2C(=O)c3ccc(NC[C@H]4C[C@H](n5cc(-c6ccc7c(n6)C(O)CC7)c(C6CC6)n5)C4)cc3C2=O)C(=O)N1. The zero-order valence-corrected chi connectivity index (χ0v) is 23.6. The lowest BCUT2D eigenvalue weighted by atomic mass is 9.80. The Bertz CT molecular complexity index is 1700. The molecule has 220 valence electrons. The summed E-state index contributed by atoms with van der Waals surface area (Å²) in [5.41, 5.74) is 6.33. The van der Waals surface area contributed by atoms with Gasteiger partial charge in [0.2, 0.25) is 11.8 Å². The Kier molecular flexibility index (Phi) is 6.01. The number of aliphatic hydroxyl groups excluding tert-OH is 1. The minimum atomic E-state index is -0.971. The molecule has 2 aliphatic heterocycles. The number of carbonyl (C=O) groups is 4. The highest BCUT2D eigenvalue weighted by Crippen LogP contribution is 2.46. The summed E-state index contributed by atoms with van der Waals surface area (Å²) in [5.74, 6) is -1.10. The van der Waals surface area contributed by atoms with Crippen molar-refractivity contribution in [3.63, 3.8) is 0 Å². The van der Waals surface area contributed by atoms with Gasteiger partial charge in [-0.05, 0) is 80.7 Å². The lowest BCUT2D eigenvalue weighted by Crippen LogP contribution is -2.54. The van der Waals surface area contributed by atoms with E-state index in [4.69, 9.17) is 10.1 Å². The van der Waals surface area contributed by atoms with E-state index in [1.807, 2.05) is 0 Å². The zero-order chi connectivity index (χ0) is 29.4. The van der Waals surface area contributed by atoms with Gasteiger partial charge in [0.25, 0.3) is 11.8 Å². The first-order chi connectivity index (χ1) is 20.8. The standard InChI is InChI=1S/C32H32N6O5/c39-26-9-4-18-3-7-24(34-29(18)26)23-15-37(36-28(23)17-1-2-17)20-11-16(12-20)14-33-19-5-6-21-22(13-19)32(43)38(31(21)42)25-8-10-27(40)35-30(25)41/h3,5-7,13,15-17,20,25-26,33,39H,1-2,4,8-12,14H2,(H,35,40,41)/t16-,20-,25?,26?. The normalized spacial score (nSPS) is 26.3. The third kappa shape index (κ3) is 4.45. The van der Waals surface area contributed by atoms with Crippen molar-refractivity contribution in [2.45, 2.75) is 75.5 Å². The maximum absolute atomic E-state index is 13.1. The molecule has 0 bridgehead atoms. The van der Waals surface area contributed by atoms with Gasteiger partial charge < -0.3 is 10.4 Å². The van der Waals surface area contributed by atoms with E-state index in [1.54, 1.807) is 18.2 Å². The maximum atomic E-state index is 13.1. The number of amides is 4. The lowest BCUT2D eigenvalue weighted by Gasteiger charge is -2.35. The summed E-state index contributed by atoms with van der Waals surface area (Å²) in [4.78, 5) is 55.8. The quantitative estimate of drug-likeness (QED) is 0.361. The Morgan fingerprint density at radius 3 is 2.51 bits per heavy atom. The predicted octanol–water partition coefficient (Wildman–Crippen LogP) is 3.27. The minimum absolute atomic E-state index is 0.0930. The van der Waals surface area contributed by atoms with Crippen LogP contribution < -0.4 is 10.6 Å². The van der Waals surface area contributed by atoms with Crippen LogP contribution in [0.3, 0.4) is 0 Å². The molecule has 3 aliphatic carbocycles. The van der Waals surface area contributed by atoms with Crippen LogP contribution in [0.4, 0.5) is 5.69 Å². The molecule has 2 saturated carbocycles. The van der Waals surface area contributed by atoms with Gasteiger partial charge in [-0.25, -0.2) is 4.98 Å². The number of aliphatic hydroxyl groups is 1. The molecule has 2 unspecified atom stereocenters. The molecule has 4 heterocycles. The molecule has 11 heteroatoms. The van der Waals surface area contributed by atoms with Crippen molar-refractivity contribution in [3.8, 4) is 11.3 Å². The summed E-state index contributed by atoms with van der Waals surface area (Å²) in [6, 6.07) is 8.60. The highest BCUT2D eigenvalue weighted by Gasteiger charge is 2.44. The number of hydrogen-bond acceptors (Lipinski definition) is 8. The van der Waals surface area contributed by atoms with E-state index in [1.165, 1.54) is 0 Å². The molecule has 3 fully saturated rings. The minimum Gasteiger partial charge on any atom is -0.387 e. The fraction of sp³-hybridized carbons (Fsp3) is 0.438. The molecular weight excluding hydrogens is 548 g/mol. The van der Waals surface area contributed by atoms with Gasteiger partial charge in [0.05, 0.1) is 40.4 Å². The second-order valence-corrected chi connectivity index (χ2v) is 12.6. The van der Waals surface area contributed by atoms with Gasteiger partial charge in [0.15, 0.2) is 0 Å². The number of pyridine rings is 1. The predicted molar refractivity (Wildman–Crippen MR) is 154 cm³/mol. The number of aryl methyl sites for hydroxylation is 1. The fourth-order valence-electron chi connectivity index (χ4n) is 6.96. The largest absolute Gasteiger partial charge is 0.387 e. The van der Waals surface area contributed by atoms with Gasteiger partial charge in [0, 0.05) is 36.3 Å². The van der Waals surface area contributed by atoms with Crippen molar-refractivity contribution in [2.24, 2.45) is 5.92 Å². The number of nitrogens with zero attached hydrogens (tertiary/aromatic N) is 4. The molecule has 43 heavy (non-hydrogen) atoms. The first-order valence-corrected chi connectivity index (χ1v) is 15.2. The van der Waals surface area contributed by atoms with Crippen molar-refractivity contribution in [1.82, 2.24) is 25.0 Å². The second-order valence-electron chi connectivity index (χ2n) is 12.6. The van der Waals surface area contributed by atoms with Crippen molar-refractivity contribution in [1.29, 1.82) is 0 Å². The summed E-state index contributed by atoms with van der Waals surface area (Å²) < 4.78 is 2.11. The number of hydrogen-bond donors (Lipinski definition) is 3. The molecule has 1 saturated heterocycles. The molecular formula is C32H32N6O5. The van der Waals surface area contributed by atoms with Gasteiger partial charge in [-0.1, -0.05) is 6.07 Å². The molecule has 4 amide bonds. The van der Waals surface area contributed by atoms with Crippen molar-refractivity contribution < 1.29 is 24.3 Å². The van der Waals surface area contributed by atoms with Crippen molar-refractivity contribution in [2.75, 3.05) is 11.9 Å². The van der Waals surface area contributed by atoms with Crippen LogP contribution in [0.1, 0.15) is 101 Å². The van der Waals surface area contributed by atoms with Crippen LogP contribution in [0.2, 0.25) is 0 Å². The Morgan fingerprint density at radius 2 is 1.72 bits per heavy atom. The van der Waals surface area contributed by atoms with E-state index in [0.29, 0.717) is 17.9 Å². The smallest absolute Gasteiger partial charge is 0.262 e. The van der Waals surface area contributed by atoms with Crippen LogP contribution >= 0.6 is 0 Å². The molecule has 8 rings (SSSR count). The van der Waals surface area contributed by atoms with E-state index >= 15 is 0 Å². The van der Waals surface area contributed by atoms with E-state index < -0.39 is 35.8 Å². The first-order valence-electron chi connectivity index (χ1n) is 15.2. The van der Waals surface area contributed by atoms with E-state index in [9.17, 15) is 24.3 Å². The summed E-state index contributed by atoms with van der Waals surface area (Å²) in [6.07, 6.45) is 7.73. The number of carbonyl (C=O) groups excluding carboxylic acids is 4. The third-order valence-electron chi connectivity index (χ3n) is 9.64. The molecule has 2 aromatic heterocycles. The summed E-state index contributed by atoms with van der Waals surface area (Å²) in [6.45, 7) is 0.724. The average molecular weight is 581 g/mol. The van der Waals surface area contributed by atoms with Crippen LogP contribution in [0, 0.1) is 5.92 Å². The molecule has 3 N–H and O–H groups in total.